The number of morpholine rings is 1. The van der Waals surface area contributed by atoms with Crippen LogP contribution in [0.4, 0.5) is 0 Å². The van der Waals surface area contributed by atoms with Gasteiger partial charge in [0.15, 0.2) is 0 Å². The van der Waals surface area contributed by atoms with E-state index in [1.807, 2.05) is 43.3 Å². The molecule has 1 aliphatic rings. The number of carbonyl (C=O) groups is 1. The molecular weight excluding hydrogens is 340 g/mol. The molecule has 1 aliphatic heterocycles. The molecule has 1 N–H and O–H groups in total. The summed E-state index contributed by atoms with van der Waals surface area (Å²) in [6, 6.07) is 17.7. The van der Waals surface area contributed by atoms with Crippen LogP contribution in [0.25, 0.3) is 0 Å². The molecule has 27 heavy (non-hydrogen) atoms. The summed E-state index contributed by atoms with van der Waals surface area (Å²) in [5, 5.41) is 3.00. The van der Waals surface area contributed by atoms with Gasteiger partial charge in [0.2, 0.25) is 0 Å². The molecule has 1 atom stereocenters. The summed E-state index contributed by atoms with van der Waals surface area (Å²) >= 11 is 0. The van der Waals surface area contributed by atoms with Crippen molar-refractivity contribution in [2.24, 2.45) is 0 Å². The molecule has 0 unspecified atom stereocenters. The summed E-state index contributed by atoms with van der Waals surface area (Å²) in [6.07, 6.45) is 1.04. The molecule has 1 amide bonds. The lowest BCUT2D eigenvalue weighted by Crippen LogP contribution is -2.39. The van der Waals surface area contributed by atoms with Gasteiger partial charge in [0.05, 0.1) is 24.9 Å². The first kappa shape index (κ1) is 19.4. The average Bonchev–Trinajstić information content (AvgIpc) is 2.72. The highest BCUT2D eigenvalue weighted by Crippen LogP contribution is 2.22. The van der Waals surface area contributed by atoms with Gasteiger partial charge in [0, 0.05) is 26.2 Å². The number of rotatable bonds is 8. The molecule has 144 valence electrons. The van der Waals surface area contributed by atoms with E-state index in [9.17, 15) is 4.79 Å². The first-order chi connectivity index (χ1) is 13.3. The summed E-state index contributed by atoms with van der Waals surface area (Å²) in [5.41, 5.74) is 1.82. The summed E-state index contributed by atoms with van der Waals surface area (Å²) in [5.74, 6) is 0.555. The molecule has 0 saturated carbocycles. The number of hydrogen-bond donors (Lipinski definition) is 1. The molecular formula is C22H28N2O3. The monoisotopic (exact) mass is 368 g/mol. The van der Waals surface area contributed by atoms with Gasteiger partial charge in [-0.05, 0) is 31.0 Å². The SMILES string of the molecule is CCOc1ccccc1C(=O)NCCCN1CCO[C@@H](c2ccccc2)C1. The van der Waals surface area contributed by atoms with Gasteiger partial charge in [-0.15, -0.1) is 0 Å². The van der Waals surface area contributed by atoms with Crippen molar-refractivity contribution >= 4 is 5.91 Å². The number of nitrogens with zero attached hydrogens (tertiary/aromatic N) is 1. The van der Waals surface area contributed by atoms with E-state index in [1.54, 1.807) is 6.07 Å². The third-order valence-corrected chi connectivity index (χ3v) is 4.69. The molecule has 0 bridgehead atoms. The Kier molecular flexibility index (Phi) is 7.25. The van der Waals surface area contributed by atoms with Crippen LogP contribution in [0, 0.1) is 0 Å². The summed E-state index contributed by atoms with van der Waals surface area (Å²) < 4.78 is 11.4. The average molecular weight is 368 g/mol. The molecule has 1 heterocycles. The zero-order valence-electron chi connectivity index (χ0n) is 15.9. The topological polar surface area (TPSA) is 50.8 Å². The summed E-state index contributed by atoms with van der Waals surface area (Å²) in [6.45, 7) is 6.62. The molecule has 0 spiro atoms. The molecule has 1 saturated heterocycles. The lowest BCUT2D eigenvalue weighted by molar-refractivity contribution is -0.0301. The van der Waals surface area contributed by atoms with Crippen LogP contribution in [0.15, 0.2) is 54.6 Å². The highest BCUT2D eigenvalue weighted by Gasteiger charge is 2.21. The number of ether oxygens (including phenoxy) is 2. The largest absolute Gasteiger partial charge is 0.493 e. The first-order valence-corrected chi connectivity index (χ1v) is 9.67. The Morgan fingerprint density at radius 1 is 1.19 bits per heavy atom. The van der Waals surface area contributed by atoms with Crippen molar-refractivity contribution in [1.29, 1.82) is 0 Å². The third-order valence-electron chi connectivity index (χ3n) is 4.69. The predicted molar refractivity (Wildman–Crippen MR) is 106 cm³/mol. The number of benzene rings is 2. The van der Waals surface area contributed by atoms with E-state index in [2.05, 4.69) is 22.3 Å². The zero-order valence-corrected chi connectivity index (χ0v) is 15.9. The number of carbonyl (C=O) groups excluding carboxylic acids is 1. The Balaban J connectivity index is 1.43. The fourth-order valence-corrected chi connectivity index (χ4v) is 3.31. The maximum Gasteiger partial charge on any atom is 0.255 e. The van der Waals surface area contributed by atoms with Crippen LogP contribution in [0.5, 0.6) is 5.75 Å². The third kappa shape index (κ3) is 5.55. The molecule has 3 rings (SSSR count). The van der Waals surface area contributed by atoms with Gasteiger partial charge in [-0.1, -0.05) is 42.5 Å². The molecule has 5 nitrogen and oxygen atoms in total. The standard InChI is InChI=1S/C22H28N2O3/c1-2-26-20-12-7-6-11-19(20)22(25)23-13-8-14-24-15-16-27-21(17-24)18-9-4-3-5-10-18/h3-7,9-12,21H,2,8,13-17H2,1H3,(H,23,25)/t21-/m1/s1. The van der Waals surface area contributed by atoms with Crippen molar-refractivity contribution in [3.8, 4) is 5.75 Å². The van der Waals surface area contributed by atoms with Crippen molar-refractivity contribution in [2.75, 3.05) is 39.4 Å². The minimum absolute atomic E-state index is 0.0804. The quantitative estimate of drug-likeness (QED) is 0.727. The number of amides is 1. The van der Waals surface area contributed by atoms with Crippen LogP contribution < -0.4 is 10.1 Å². The maximum atomic E-state index is 12.4. The molecule has 1 fully saturated rings. The van der Waals surface area contributed by atoms with Gasteiger partial charge in [-0.3, -0.25) is 9.69 Å². The Labute approximate surface area is 161 Å². The second-order valence-corrected chi connectivity index (χ2v) is 6.61. The second kappa shape index (κ2) is 10.1. The number of nitrogens with one attached hydrogen (secondary N) is 1. The smallest absolute Gasteiger partial charge is 0.255 e. The van der Waals surface area contributed by atoms with Gasteiger partial charge >= 0.3 is 0 Å². The van der Waals surface area contributed by atoms with E-state index in [0.29, 0.717) is 24.5 Å². The van der Waals surface area contributed by atoms with Crippen molar-refractivity contribution in [3.63, 3.8) is 0 Å². The van der Waals surface area contributed by atoms with Crippen LogP contribution in [0.1, 0.15) is 35.4 Å². The minimum Gasteiger partial charge on any atom is -0.493 e. The Hall–Kier alpha value is -2.37. The van der Waals surface area contributed by atoms with E-state index in [-0.39, 0.29) is 12.0 Å². The van der Waals surface area contributed by atoms with E-state index in [4.69, 9.17) is 9.47 Å². The Bertz CT molecular complexity index is 721. The van der Waals surface area contributed by atoms with E-state index >= 15 is 0 Å². The molecule has 0 aliphatic carbocycles. The molecule has 0 radical (unpaired) electrons. The highest BCUT2D eigenvalue weighted by atomic mass is 16.5. The van der Waals surface area contributed by atoms with Crippen molar-refractivity contribution in [1.82, 2.24) is 10.2 Å². The normalized spacial score (nSPS) is 17.4. The van der Waals surface area contributed by atoms with Gasteiger partial charge in [0.1, 0.15) is 5.75 Å². The lowest BCUT2D eigenvalue weighted by atomic mass is 10.1. The Morgan fingerprint density at radius 3 is 2.78 bits per heavy atom. The van der Waals surface area contributed by atoms with Crippen LogP contribution >= 0.6 is 0 Å². The lowest BCUT2D eigenvalue weighted by Gasteiger charge is -2.33. The molecule has 2 aromatic carbocycles. The Morgan fingerprint density at radius 2 is 1.96 bits per heavy atom. The van der Waals surface area contributed by atoms with Crippen LogP contribution in [0.3, 0.4) is 0 Å². The zero-order chi connectivity index (χ0) is 18.9. The second-order valence-electron chi connectivity index (χ2n) is 6.61. The number of hydrogen-bond acceptors (Lipinski definition) is 4. The summed E-state index contributed by atoms with van der Waals surface area (Å²) in [4.78, 5) is 14.8. The first-order valence-electron chi connectivity index (χ1n) is 9.67. The molecule has 2 aromatic rings. The summed E-state index contributed by atoms with van der Waals surface area (Å²) in [7, 11) is 0. The maximum absolute atomic E-state index is 12.4. The van der Waals surface area contributed by atoms with Gasteiger partial charge < -0.3 is 14.8 Å². The van der Waals surface area contributed by atoms with Crippen LogP contribution in [0.2, 0.25) is 0 Å². The van der Waals surface area contributed by atoms with Crippen molar-refractivity contribution < 1.29 is 14.3 Å². The highest BCUT2D eigenvalue weighted by molar-refractivity contribution is 5.96. The number of para-hydroxylation sites is 1. The van der Waals surface area contributed by atoms with Crippen molar-refractivity contribution in [3.05, 3.63) is 65.7 Å². The van der Waals surface area contributed by atoms with Gasteiger partial charge in [-0.2, -0.15) is 0 Å². The van der Waals surface area contributed by atoms with Crippen molar-refractivity contribution in [2.45, 2.75) is 19.4 Å². The van der Waals surface area contributed by atoms with E-state index in [1.165, 1.54) is 5.56 Å². The van der Waals surface area contributed by atoms with Crippen LogP contribution in [-0.4, -0.2) is 50.2 Å². The van der Waals surface area contributed by atoms with E-state index < -0.39 is 0 Å². The minimum atomic E-state index is -0.0804. The van der Waals surface area contributed by atoms with Crippen LogP contribution in [-0.2, 0) is 4.74 Å². The fraction of sp³-hybridized carbons (Fsp3) is 0.409. The van der Waals surface area contributed by atoms with Gasteiger partial charge in [-0.25, -0.2) is 0 Å². The fourth-order valence-electron chi connectivity index (χ4n) is 3.31. The predicted octanol–water partition coefficient (Wildman–Crippen LogP) is 3.28. The van der Waals surface area contributed by atoms with Gasteiger partial charge in [0.25, 0.3) is 5.91 Å². The molecule has 0 aromatic heterocycles. The molecule has 5 heteroatoms. The van der Waals surface area contributed by atoms with E-state index in [0.717, 1.165) is 32.7 Å².